The summed E-state index contributed by atoms with van der Waals surface area (Å²) in [5.74, 6) is -0.315. The van der Waals surface area contributed by atoms with Crippen molar-refractivity contribution < 1.29 is 9.53 Å². The second-order valence-corrected chi connectivity index (χ2v) is 7.10. The highest BCUT2D eigenvalue weighted by Gasteiger charge is 2.14. The Balaban J connectivity index is 1.48. The van der Waals surface area contributed by atoms with Crippen LogP contribution >= 0.6 is 0 Å². The van der Waals surface area contributed by atoms with Crippen LogP contribution in [0, 0.1) is 0 Å². The summed E-state index contributed by atoms with van der Waals surface area (Å²) in [5, 5.41) is 8.16. The molecule has 2 aromatic heterocycles. The van der Waals surface area contributed by atoms with Gasteiger partial charge in [-0.15, -0.1) is 0 Å². The van der Waals surface area contributed by atoms with Crippen molar-refractivity contribution in [3.63, 3.8) is 0 Å². The molecule has 0 bridgehead atoms. The molecule has 4 rings (SSSR count). The summed E-state index contributed by atoms with van der Waals surface area (Å²) < 4.78 is 7.24. The van der Waals surface area contributed by atoms with Gasteiger partial charge in [0.1, 0.15) is 5.69 Å². The number of carbonyl (C=O) groups is 1. The predicted molar refractivity (Wildman–Crippen MR) is 111 cm³/mol. The van der Waals surface area contributed by atoms with E-state index in [-0.39, 0.29) is 5.97 Å². The number of piperidine rings is 1. The first kappa shape index (κ1) is 18.4. The van der Waals surface area contributed by atoms with Crippen LogP contribution in [-0.2, 0) is 9.53 Å². The lowest BCUT2D eigenvalue weighted by Crippen LogP contribution is -2.34. The average Bonchev–Trinajstić information content (AvgIpc) is 3.12. The van der Waals surface area contributed by atoms with Crippen molar-refractivity contribution in [1.82, 2.24) is 14.9 Å². The van der Waals surface area contributed by atoms with Gasteiger partial charge in [-0.3, -0.25) is 0 Å². The van der Waals surface area contributed by atoms with E-state index in [1.54, 1.807) is 0 Å². The van der Waals surface area contributed by atoms with Gasteiger partial charge in [0, 0.05) is 29.4 Å². The molecule has 0 radical (unpaired) electrons. The lowest BCUT2D eigenvalue weighted by molar-refractivity contribution is -0.137. The molecule has 0 saturated carbocycles. The van der Waals surface area contributed by atoms with E-state index in [1.807, 2.05) is 65.3 Å². The first-order valence-corrected chi connectivity index (χ1v) is 9.92. The van der Waals surface area contributed by atoms with Crippen LogP contribution in [0.1, 0.15) is 31.2 Å². The highest BCUT2D eigenvalue weighted by molar-refractivity contribution is 5.92. The number of pyridine rings is 1. The molecule has 1 aliphatic heterocycles. The van der Waals surface area contributed by atoms with Gasteiger partial charge in [0.2, 0.25) is 0 Å². The number of hydrogen-bond donors (Lipinski definition) is 1. The molecule has 5 heteroatoms. The summed E-state index contributed by atoms with van der Waals surface area (Å²) in [7, 11) is 0. The molecule has 3 aromatic rings. The molecule has 0 amide bonds. The number of nitrogens with one attached hydrogen (secondary N) is 1. The summed E-state index contributed by atoms with van der Waals surface area (Å²) >= 11 is 0. The molecular formula is C23H25N3O2. The molecule has 0 spiro atoms. The molecule has 1 N–H and O–H groups in total. The van der Waals surface area contributed by atoms with Gasteiger partial charge < -0.3 is 10.1 Å². The van der Waals surface area contributed by atoms with Crippen LogP contribution in [-0.4, -0.2) is 34.8 Å². The smallest absolute Gasteiger partial charge is 0.330 e. The lowest BCUT2D eigenvalue weighted by Gasteiger charge is -2.22. The Kier molecular flexibility index (Phi) is 5.83. The molecule has 1 fully saturated rings. The number of ether oxygens (including phenoxy) is 1. The average molecular weight is 375 g/mol. The predicted octanol–water partition coefficient (Wildman–Crippen LogP) is 4.09. The number of carbonyl (C=O) groups excluding carboxylic acids is 1. The monoisotopic (exact) mass is 375 g/mol. The molecule has 144 valence electrons. The first-order valence-electron chi connectivity index (χ1n) is 9.92. The summed E-state index contributed by atoms with van der Waals surface area (Å²) in [5.41, 5.74) is 3.74. The number of aromatic nitrogens is 2. The third-order valence-corrected chi connectivity index (χ3v) is 5.13. The molecule has 5 nitrogen and oxygen atoms in total. The van der Waals surface area contributed by atoms with Gasteiger partial charge in [-0.05, 0) is 44.0 Å². The van der Waals surface area contributed by atoms with Crippen LogP contribution in [0.2, 0.25) is 0 Å². The van der Waals surface area contributed by atoms with Crippen LogP contribution in [0.25, 0.3) is 22.9 Å². The number of fused-ring (bicyclic) bond motifs is 1. The minimum atomic E-state index is -0.315. The van der Waals surface area contributed by atoms with Crippen molar-refractivity contribution >= 4 is 17.6 Å². The van der Waals surface area contributed by atoms with Gasteiger partial charge in [0.15, 0.2) is 0 Å². The van der Waals surface area contributed by atoms with Crippen molar-refractivity contribution in [3.8, 4) is 11.3 Å². The maximum atomic E-state index is 12.2. The molecule has 1 aromatic carbocycles. The van der Waals surface area contributed by atoms with E-state index in [0.717, 1.165) is 41.7 Å². The maximum Gasteiger partial charge on any atom is 0.330 e. The SMILES string of the molecule is O=C(C=Cc1c(-c2ccccc2)nn2ccccc12)OCCC1CCCCN1. The molecular weight excluding hydrogens is 350 g/mol. The Bertz CT molecular complexity index is 956. The van der Waals surface area contributed by atoms with Gasteiger partial charge in [0.05, 0.1) is 12.1 Å². The normalized spacial score (nSPS) is 17.2. The Morgan fingerprint density at radius 2 is 2.04 bits per heavy atom. The Labute approximate surface area is 165 Å². The fourth-order valence-electron chi connectivity index (χ4n) is 3.66. The zero-order chi connectivity index (χ0) is 19.2. The molecule has 28 heavy (non-hydrogen) atoms. The standard InChI is InChI=1S/C23H25N3O2/c27-22(28-17-14-19-10-4-6-15-24-19)13-12-20-21-11-5-7-16-26(21)25-23(20)18-8-2-1-3-9-18/h1-3,5,7-9,11-13,16,19,24H,4,6,10,14-15,17H2. The van der Waals surface area contributed by atoms with E-state index in [1.165, 1.54) is 18.9 Å². The first-order chi connectivity index (χ1) is 13.8. The Morgan fingerprint density at radius 3 is 2.86 bits per heavy atom. The zero-order valence-electron chi connectivity index (χ0n) is 15.9. The van der Waals surface area contributed by atoms with E-state index >= 15 is 0 Å². The number of esters is 1. The number of hydrogen-bond acceptors (Lipinski definition) is 4. The highest BCUT2D eigenvalue weighted by Crippen LogP contribution is 2.27. The minimum absolute atomic E-state index is 0.315. The summed E-state index contributed by atoms with van der Waals surface area (Å²) in [6.45, 7) is 1.51. The fourth-order valence-corrected chi connectivity index (χ4v) is 3.66. The minimum Gasteiger partial charge on any atom is -0.462 e. The second kappa shape index (κ2) is 8.85. The number of nitrogens with zero attached hydrogens (tertiary/aromatic N) is 2. The van der Waals surface area contributed by atoms with E-state index in [4.69, 9.17) is 4.74 Å². The van der Waals surface area contributed by atoms with Gasteiger partial charge in [-0.1, -0.05) is 42.8 Å². The third kappa shape index (κ3) is 4.31. The third-order valence-electron chi connectivity index (χ3n) is 5.13. The largest absolute Gasteiger partial charge is 0.462 e. The van der Waals surface area contributed by atoms with Crippen LogP contribution in [0.5, 0.6) is 0 Å². The Hall–Kier alpha value is -2.92. The number of benzene rings is 1. The van der Waals surface area contributed by atoms with Crippen molar-refractivity contribution in [1.29, 1.82) is 0 Å². The van der Waals surface area contributed by atoms with Crippen LogP contribution in [0.15, 0.2) is 60.8 Å². The van der Waals surface area contributed by atoms with Gasteiger partial charge in [0.25, 0.3) is 0 Å². The summed E-state index contributed by atoms with van der Waals surface area (Å²) in [4.78, 5) is 12.2. The van der Waals surface area contributed by atoms with Crippen molar-refractivity contribution in [2.45, 2.75) is 31.7 Å². The molecule has 1 atom stereocenters. The molecule has 1 aliphatic rings. The number of rotatable bonds is 6. The lowest BCUT2D eigenvalue weighted by atomic mass is 10.0. The molecule has 3 heterocycles. The van der Waals surface area contributed by atoms with Crippen molar-refractivity contribution in [3.05, 3.63) is 66.4 Å². The topological polar surface area (TPSA) is 55.6 Å². The molecule has 1 unspecified atom stereocenters. The fraction of sp³-hybridized carbons (Fsp3) is 0.304. The van der Waals surface area contributed by atoms with Gasteiger partial charge >= 0.3 is 5.97 Å². The van der Waals surface area contributed by atoms with Crippen LogP contribution < -0.4 is 5.32 Å². The quantitative estimate of drug-likeness (QED) is 0.521. The zero-order valence-corrected chi connectivity index (χ0v) is 15.9. The van der Waals surface area contributed by atoms with Crippen LogP contribution in [0.3, 0.4) is 0 Å². The van der Waals surface area contributed by atoms with Gasteiger partial charge in [-0.2, -0.15) is 5.10 Å². The van der Waals surface area contributed by atoms with Crippen LogP contribution in [0.4, 0.5) is 0 Å². The van der Waals surface area contributed by atoms with Gasteiger partial charge in [-0.25, -0.2) is 9.31 Å². The van der Waals surface area contributed by atoms with E-state index in [2.05, 4.69) is 10.4 Å². The van der Waals surface area contributed by atoms with Crippen molar-refractivity contribution in [2.24, 2.45) is 0 Å². The van der Waals surface area contributed by atoms with E-state index in [0.29, 0.717) is 12.6 Å². The molecule has 0 aliphatic carbocycles. The summed E-state index contributed by atoms with van der Waals surface area (Å²) in [6.07, 6.45) is 9.75. The highest BCUT2D eigenvalue weighted by atomic mass is 16.5. The maximum absolute atomic E-state index is 12.2. The van der Waals surface area contributed by atoms with Crippen molar-refractivity contribution in [2.75, 3.05) is 13.2 Å². The second-order valence-electron chi connectivity index (χ2n) is 7.10. The van der Waals surface area contributed by atoms with E-state index < -0.39 is 0 Å². The Morgan fingerprint density at radius 1 is 1.18 bits per heavy atom. The summed E-state index contributed by atoms with van der Waals surface area (Å²) in [6, 6.07) is 16.4. The van der Waals surface area contributed by atoms with E-state index in [9.17, 15) is 4.79 Å². The molecule has 1 saturated heterocycles.